The van der Waals surface area contributed by atoms with Gasteiger partial charge in [0.1, 0.15) is 35.2 Å². The second kappa shape index (κ2) is 15.3. The van der Waals surface area contributed by atoms with Gasteiger partial charge < -0.3 is 24.3 Å². The van der Waals surface area contributed by atoms with E-state index in [1.807, 2.05) is 17.0 Å². The van der Waals surface area contributed by atoms with Gasteiger partial charge in [-0.1, -0.05) is 0 Å². The SMILES string of the molecule is CC1(Oc2cc3c(-c4cc(N5CCC(CN6CCC(F)(CN7CCN(c8ccc9c(c8F)CN(C8CCC(=O)NC8=O)C9=O)CC7)CC6)CC5)ncn4)n[nH]c3cn2)CC1.[HH].[HH]. The van der Waals surface area contributed by atoms with Crippen molar-refractivity contribution in [2.45, 2.75) is 82.1 Å². The Balaban J connectivity index is 0.00000264. The number of imide groups is 1. The number of fused-ring (bicyclic) bond motifs is 2. The van der Waals surface area contributed by atoms with Gasteiger partial charge in [-0.2, -0.15) is 5.10 Å². The minimum atomic E-state index is -1.26. The van der Waals surface area contributed by atoms with Gasteiger partial charge in [0.2, 0.25) is 17.7 Å². The van der Waals surface area contributed by atoms with Crippen LogP contribution in [0.25, 0.3) is 22.3 Å². The molecular formula is C43H55F2N11O4. The number of nitrogens with one attached hydrogen (secondary N) is 2. The van der Waals surface area contributed by atoms with Gasteiger partial charge >= 0.3 is 0 Å². The number of nitrogens with zero attached hydrogens (tertiary/aromatic N) is 9. The highest BCUT2D eigenvalue weighted by Crippen LogP contribution is 2.40. The van der Waals surface area contributed by atoms with Crippen LogP contribution in [0.2, 0.25) is 0 Å². The lowest BCUT2D eigenvalue weighted by Crippen LogP contribution is -2.54. The molecule has 1 atom stereocenters. The molecule has 3 amide bonds. The van der Waals surface area contributed by atoms with E-state index in [4.69, 9.17) is 4.74 Å². The predicted molar refractivity (Wildman–Crippen MR) is 223 cm³/mol. The van der Waals surface area contributed by atoms with Gasteiger partial charge in [-0.25, -0.2) is 23.7 Å². The van der Waals surface area contributed by atoms with Gasteiger partial charge in [0.15, 0.2) is 5.82 Å². The number of alkyl halides is 1. The molecule has 60 heavy (non-hydrogen) atoms. The van der Waals surface area contributed by atoms with Gasteiger partial charge in [-0.3, -0.25) is 29.7 Å². The number of hydrogen-bond donors (Lipinski definition) is 2. The van der Waals surface area contributed by atoms with Crippen LogP contribution in [0.1, 0.15) is 77.1 Å². The van der Waals surface area contributed by atoms with Crippen LogP contribution in [0, 0.1) is 11.7 Å². The van der Waals surface area contributed by atoms with Crippen molar-refractivity contribution in [1.82, 2.24) is 45.2 Å². The fourth-order valence-corrected chi connectivity index (χ4v) is 9.72. The van der Waals surface area contributed by atoms with Crippen LogP contribution >= 0.6 is 0 Å². The molecule has 1 unspecified atom stereocenters. The topological polar surface area (TPSA) is 156 Å². The number of piperidine rings is 3. The number of aromatic amines is 1. The number of H-pyrrole nitrogens is 1. The van der Waals surface area contributed by atoms with Crippen LogP contribution in [0.4, 0.5) is 20.3 Å². The molecule has 15 nitrogen and oxygen atoms in total. The number of hydrogen-bond acceptors (Lipinski definition) is 12. The lowest BCUT2D eigenvalue weighted by atomic mass is 9.90. The summed E-state index contributed by atoms with van der Waals surface area (Å²) in [7, 11) is 0. The van der Waals surface area contributed by atoms with Crippen molar-refractivity contribution in [2.24, 2.45) is 5.92 Å². The molecule has 8 heterocycles. The number of carbonyl (C=O) groups excluding carboxylic acids is 3. The summed E-state index contributed by atoms with van der Waals surface area (Å²) >= 11 is 0. The molecule has 0 radical (unpaired) electrons. The minimum Gasteiger partial charge on any atom is -0.471 e. The van der Waals surface area contributed by atoms with E-state index in [1.165, 1.54) is 4.90 Å². The third kappa shape index (κ3) is 7.65. The first-order chi connectivity index (χ1) is 29.0. The maximum absolute atomic E-state index is 16.3. The maximum atomic E-state index is 16.3. The monoisotopic (exact) mass is 827 g/mol. The predicted octanol–water partition coefficient (Wildman–Crippen LogP) is 4.58. The van der Waals surface area contributed by atoms with Crippen LogP contribution in [-0.2, 0) is 16.1 Å². The molecule has 17 heteroatoms. The zero-order valence-corrected chi connectivity index (χ0v) is 34.0. The van der Waals surface area contributed by atoms with Crippen molar-refractivity contribution in [2.75, 3.05) is 75.2 Å². The van der Waals surface area contributed by atoms with E-state index < -0.39 is 29.3 Å². The molecule has 0 spiro atoms. The van der Waals surface area contributed by atoms with Gasteiger partial charge in [0.25, 0.3) is 5.91 Å². The molecule has 4 saturated heterocycles. The highest BCUT2D eigenvalue weighted by atomic mass is 19.1. The minimum absolute atomic E-state index is 0. The molecular weight excluding hydrogens is 773 g/mol. The smallest absolute Gasteiger partial charge is 0.255 e. The number of ether oxygens (including phenoxy) is 1. The number of pyridine rings is 1. The second-order valence-corrected chi connectivity index (χ2v) is 17.9. The van der Waals surface area contributed by atoms with Crippen molar-refractivity contribution in [3.05, 3.63) is 53.7 Å². The number of piperazine rings is 1. The molecule has 10 rings (SSSR count). The number of aromatic nitrogens is 5. The number of amides is 3. The summed E-state index contributed by atoms with van der Waals surface area (Å²) in [6.45, 7) is 9.01. The standard InChI is InChI=1S/C43H51F2N11O4.2H2/c1-42(8-9-42)60-37-20-29-32(22-46-37)50-51-39(29)31-21-35(48-26-47-31)55-12-6-27(7-13-55)23-52-14-10-43(45,11-15-52)25-53-16-18-54(19-17-53)33-3-2-28-30(38(33)44)24-56(41(28)59)34-4-5-36(57)49-40(34)58;;/h2-3,20-22,26-27,34H,4-19,23-25H2,1H3,(H,50,51)(H,49,57,58);2*1H. The lowest BCUT2D eigenvalue weighted by Gasteiger charge is -2.43. The Morgan fingerprint density at radius 2 is 1.68 bits per heavy atom. The molecule has 320 valence electrons. The van der Waals surface area contributed by atoms with Gasteiger partial charge in [-0.05, 0) is 69.9 Å². The van der Waals surface area contributed by atoms with E-state index in [0.717, 1.165) is 86.5 Å². The summed E-state index contributed by atoms with van der Waals surface area (Å²) in [6, 6.07) is 6.44. The molecule has 1 saturated carbocycles. The number of carbonyl (C=O) groups is 3. The summed E-state index contributed by atoms with van der Waals surface area (Å²) < 4.78 is 38.4. The largest absolute Gasteiger partial charge is 0.471 e. The van der Waals surface area contributed by atoms with E-state index in [2.05, 4.69) is 52.1 Å². The summed E-state index contributed by atoms with van der Waals surface area (Å²) in [5, 5.41) is 10.8. The Kier molecular flexibility index (Phi) is 9.92. The van der Waals surface area contributed by atoms with E-state index in [0.29, 0.717) is 63.1 Å². The molecule has 0 bridgehead atoms. The zero-order valence-electron chi connectivity index (χ0n) is 34.0. The van der Waals surface area contributed by atoms with Crippen LogP contribution in [0.15, 0.2) is 36.8 Å². The van der Waals surface area contributed by atoms with E-state index in [9.17, 15) is 14.4 Å². The first-order valence-electron chi connectivity index (χ1n) is 21.4. The molecule has 1 aromatic carbocycles. The normalized spacial score (nSPS) is 23.6. The van der Waals surface area contributed by atoms with Crippen molar-refractivity contribution in [3.8, 4) is 17.3 Å². The van der Waals surface area contributed by atoms with Crippen LogP contribution in [0.5, 0.6) is 5.88 Å². The van der Waals surface area contributed by atoms with Crippen LogP contribution in [0.3, 0.4) is 0 Å². The lowest BCUT2D eigenvalue weighted by molar-refractivity contribution is -0.136. The molecule has 3 aromatic heterocycles. The average molecular weight is 828 g/mol. The van der Waals surface area contributed by atoms with Gasteiger partial charge in [-0.15, -0.1) is 0 Å². The molecule has 5 fully saturated rings. The van der Waals surface area contributed by atoms with Gasteiger partial charge in [0.05, 0.1) is 29.6 Å². The molecule has 5 aliphatic heterocycles. The van der Waals surface area contributed by atoms with Crippen molar-refractivity contribution in [1.29, 1.82) is 0 Å². The number of likely N-dealkylation sites (tertiary alicyclic amines) is 1. The quantitative estimate of drug-likeness (QED) is 0.215. The molecule has 2 N–H and O–H groups in total. The summed E-state index contributed by atoms with van der Waals surface area (Å²) in [5.74, 6) is 0.295. The molecule has 1 aliphatic carbocycles. The highest BCUT2D eigenvalue weighted by Gasteiger charge is 2.43. The van der Waals surface area contributed by atoms with E-state index in [1.54, 1.807) is 24.7 Å². The first kappa shape index (κ1) is 38.9. The fraction of sp³-hybridized carbons (Fsp3) is 0.558. The molecule has 4 aromatic rings. The summed E-state index contributed by atoms with van der Waals surface area (Å²) in [5.41, 5.74) is 1.91. The number of rotatable bonds is 10. The Labute approximate surface area is 349 Å². The Hall–Kier alpha value is -5.29. The summed E-state index contributed by atoms with van der Waals surface area (Å²) in [6.07, 6.45) is 8.87. The second-order valence-electron chi connectivity index (χ2n) is 17.9. The number of halogens is 2. The van der Waals surface area contributed by atoms with Crippen LogP contribution < -0.4 is 19.9 Å². The Bertz CT molecular complexity index is 2330. The first-order valence-corrected chi connectivity index (χ1v) is 21.4. The van der Waals surface area contributed by atoms with Gasteiger partial charge in [0, 0.05) is 103 Å². The Morgan fingerprint density at radius 1 is 0.900 bits per heavy atom. The maximum Gasteiger partial charge on any atom is 0.255 e. The third-order valence-corrected chi connectivity index (χ3v) is 13.7. The zero-order chi connectivity index (χ0) is 41.2. The van der Waals surface area contributed by atoms with Crippen LogP contribution in [-0.4, -0.2) is 140 Å². The highest BCUT2D eigenvalue weighted by molar-refractivity contribution is 6.05. The fourth-order valence-electron chi connectivity index (χ4n) is 9.72. The average Bonchev–Trinajstić information content (AvgIpc) is 3.66. The summed E-state index contributed by atoms with van der Waals surface area (Å²) in [4.78, 5) is 61.1. The van der Waals surface area contributed by atoms with E-state index in [-0.39, 0.29) is 44.9 Å². The van der Waals surface area contributed by atoms with Crippen molar-refractivity contribution < 1.29 is 30.8 Å². The number of anilines is 2. The molecule has 6 aliphatic rings. The van der Waals surface area contributed by atoms with E-state index >= 15 is 8.78 Å². The number of benzene rings is 1. The third-order valence-electron chi connectivity index (χ3n) is 13.7. The van der Waals surface area contributed by atoms with Crippen molar-refractivity contribution in [3.63, 3.8) is 0 Å². The van der Waals surface area contributed by atoms with Crippen molar-refractivity contribution >= 4 is 40.1 Å². The Morgan fingerprint density at radius 3 is 2.43 bits per heavy atom.